The summed E-state index contributed by atoms with van der Waals surface area (Å²) in [4.78, 5) is 22.5. The number of aromatic nitrogens is 2. The summed E-state index contributed by atoms with van der Waals surface area (Å²) in [5.74, 6) is -1.11. The average molecular weight is 288 g/mol. The van der Waals surface area contributed by atoms with E-state index in [1.165, 1.54) is 0 Å². The summed E-state index contributed by atoms with van der Waals surface area (Å²) >= 11 is 0. The fourth-order valence-corrected chi connectivity index (χ4v) is 1.44. The van der Waals surface area contributed by atoms with Crippen LogP contribution in [0.15, 0.2) is 15.8 Å². The lowest BCUT2D eigenvalue weighted by molar-refractivity contribution is -0.0500. The van der Waals surface area contributed by atoms with E-state index in [0.717, 1.165) is 14.1 Å². The minimum Gasteiger partial charge on any atom is -0.368 e. The molecule has 11 heteroatoms. The fourth-order valence-electron chi connectivity index (χ4n) is 0.998. The average Bonchev–Trinajstić information content (AvgIpc) is 2.21. The van der Waals surface area contributed by atoms with Crippen molar-refractivity contribution >= 4 is 10.1 Å². The molecule has 18 heavy (non-hydrogen) atoms. The molecule has 0 atom stereocenters. The minimum atomic E-state index is -5.95. The van der Waals surface area contributed by atoms with E-state index in [2.05, 4.69) is 4.18 Å². The second-order valence-corrected chi connectivity index (χ2v) is 4.77. The van der Waals surface area contributed by atoms with Gasteiger partial charge in [0.1, 0.15) is 0 Å². The third-order valence-electron chi connectivity index (χ3n) is 1.90. The number of hydrogen-bond acceptors (Lipinski definition) is 5. The van der Waals surface area contributed by atoms with Gasteiger partial charge >= 0.3 is 21.3 Å². The maximum Gasteiger partial charge on any atom is 0.534 e. The second-order valence-electron chi connectivity index (χ2n) is 3.23. The van der Waals surface area contributed by atoms with E-state index in [-0.39, 0.29) is 0 Å². The molecule has 0 aliphatic carbocycles. The first-order valence-electron chi connectivity index (χ1n) is 4.25. The van der Waals surface area contributed by atoms with Crippen LogP contribution in [-0.4, -0.2) is 23.1 Å². The van der Waals surface area contributed by atoms with E-state index in [9.17, 15) is 31.2 Å². The van der Waals surface area contributed by atoms with E-state index < -0.39 is 32.6 Å². The molecule has 0 fully saturated rings. The van der Waals surface area contributed by atoms with E-state index in [1.807, 2.05) is 0 Å². The van der Waals surface area contributed by atoms with Crippen molar-refractivity contribution in [3.05, 3.63) is 27.0 Å². The van der Waals surface area contributed by atoms with Crippen LogP contribution in [0.1, 0.15) is 0 Å². The maximum atomic E-state index is 12.0. The summed E-state index contributed by atoms with van der Waals surface area (Å²) in [6.07, 6.45) is 0.563. The number of halogens is 3. The molecule has 0 saturated heterocycles. The smallest absolute Gasteiger partial charge is 0.368 e. The number of rotatable bonds is 2. The fraction of sp³-hybridized carbons (Fsp3) is 0.429. The SMILES string of the molecule is Cn1cc(OS(=O)(=O)C(F)(F)F)c(=O)n(C)c1=O. The molecule has 0 bridgehead atoms. The molecule has 0 unspecified atom stereocenters. The van der Waals surface area contributed by atoms with Crippen molar-refractivity contribution in [3.63, 3.8) is 0 Å². The van der Waals surface area contributed by atoms with Gasteiger partial charge in [0, 0.05) is 14.1 Å². The highest BCUT2D eigenvalue weighted by Gasteiger charge is 2.49. The predicted molar refractivity (Wildman–Crippen MR) is 52.5 cm³/mol. The summed E-state index contributed by atoms with van der Waals surface area (Å²) in [5, 5.41) is 0. The summed E-state index contributed by atoms with van der Waals surface area (Å²) < 4.78 is 62.3. The highest BCUT2D eigenvalue weighted by Crippen LogP contribution is 2.25. The Bertz CT molecular complexity index is 685. The van der Waals surface area contributed by atoms with Gasteiger partial charge in [-0.2, -0.15) is 21.6 Å². The topological polar surface area (TPSA) is 87.4 Å². The zero-order valence-corrected chi connectivity index (χ0v) is 9.87. The minimum absolute atomic E-state index is 0.418. The number of nitrogens with zero attached hydrogens (tertiary/aromatic N) is 2. The molecule has 1 heterocycles. The predicted octanol–water partition coefficient (Wildman–Crippen LogP) is -0.688. The number of alkyl halides is 3. The first-order chi connectivity index (χ1) is 7.97. The molecule has 0 aliphatic rings. The van der Waals surface area contributed by atoms with Crippen LogP contribution in [0.2, 0.25) is 0 Å². The molecule has 102 valence electrons. The molecule has 0 N–H and O–H groups in total. The lowest BCUT2D eigenvalue weighted by Gasteiger charge is -2.10. The van der Waals surface area contributed by atoms with Crippen LogP contribution in [0.3, 0.4) is 0 Å². The Morgan fingerprint density at radius 3 is 2.17 bits per heavy atom. The zero-order chi connectivity index (χ0) is 14.3. The van der Waals surface area contributed by atoms with E-state index in [1.54, 1.807) is 0 Å². The number of hydrogen-bond donors (Lipinski definition) is 0. The normalized spacial score (nSPS) is 12.5. The Balaban J connectivity index is 3.40. The van der Waals surface area contributed by atoms with Gasteiger partial charge in [0.05, 0.1) is 6.20 Å². The van der Waals surface area contributed by atoms with Crippen molar-refractivity contribution in [1.29, 1.82) is 0 Å². The van der Waals surface area contributed by atoms with E-state index in [4.69, 9.17) is 0 Å². The molecule has 0 spiro atoms. The summed E-state index contributed by atoms with van der Waals surface area (Å²) in [7, 11) is -3.86. The lowest BCUT2D eigenvalue weighted by atomic mass is 10.6. The van der Waals surface area contributed by atoms with Gasteiger partial charge in [-0.05, 0) is 0 Å². The Kier molecular flexibility index (Phi) is 3.30. The molecule has 0 amide bonds. The summed E-state index contributed by atoms with van der Waals surface area (Å²) in [6.45, 7) is 0. The Morgan fingerprint density at radius 2 is 1.72 bits per heavy atom. The molecule has 1 rings (SSSR count). The molecule has 0 aromatic carbocycles. The van der Waals surface area contributed by atoms with Gasteiger partial charge in [-0.25, -0.2) is 4.79 Å². The van der Waals surface area contributed by atoms with Crippen molar-refractivity contribution < 1.29 is 25.8 Å². The Labute approximate surface area is 98.2 Å². The molecular formula is C7H7F3N2O5S. The second kappa shape index (κ2) is 4.15. The standard InChI is InChI=1S/C7H7F3N2O5S/c1-11-3-4(5(13)12(2)6(11)14)17-18(15,16)7(8,9)10/h3H,1-2H3. The Morgan fingerprint density at radius 1 is 1.22 bits per heavy atom. The Hall–Kier alpha value is -1.78. The van der Waals surface area contributed by atoms with E-state index in [0.29, 0.717) is 15.3 Å². The van der Waals surface area contributed by atoms with Crippen molar-refractivity contribution in [2.24, 2.45) is 14.1 Å². The van der Waals surface area contributed by atoms with Crippen molar-refractivity contribution in [2.45, 2.75) is 5.51 Å². The van der Waals surface area contributed by atoms with Crippen LogP contribution >= 0.6 is 0 Å². The maximum absolute atomic E-state index is 12.0. The lowest BCUT2D eigenvalue weighted by Crippen LogP contribution is -2.39. The molecule has 7 nitrogen and oxygen atoms in total. The molecule has 1 aromatic heterocycles. The quantitative estimate of drug-likeness (QED) is 0.531. The van der Waals surface area contributed by atoms with Gasteiger partial charge in [-0.1, -0.05) is 0 Å². The summed E-state index contributed by atoms with van der Waals surface area (Å²) in [5.41, 5.74) is -7.78. The first-order valence-corrected chi connectivity index (χ1v) is 5.65. The van der Waals surface area contributed by atoms with Crippen LogP contribution in [0.5, 0.6) is 5.75 Å². The highest BCUT2D eigenvalue weighted by atomic mass is 32.2. The number of aryl methyl sites for hydroxylation is 1. The van der Waals surface area contributed by atoms with Crippen molar-refractivity contribution in [2.75, 3.05) is 0 Å². The van der Waals surface area contributed by atoms with Gasteiger partial charge in [-0.15, -0.1) is 0 Å². The molecule has 0 radical (unpaired) electrons. The molecule has 0 aliphatic heterocycles. The van der Waals surface area contributed by atoms with Crippen LogP contribution in [0.4, 0.5) is 13.2 Å². The van der Waals surface area contributed by atoms with Crippen LogP contribution < -0.4 is 15.4 Å². The largest absolute Gasteiger partial charge is 0.534 e. The van der Waals surface area contributed by atoms with Crippen LogP contribution in [0, 0.1) is 0 Å². The first kappa shape index (κ1) is 14.3. The van der Waals surface area contributed by atoms with Crippen LogP contribution in [0.25, 0.3) is 0 Å². The van der Waals surface area contributed by atoms with Gasteiger partial charge < -0.3 is 4.18 Å². The third kappa shape index (κ3) is 2.39. The van der Waals surface area contributed by atoms with Crippen LogP contribution in [-0.2, 0) is 24.2 Å². The molecule has 1 aromatic rings. The molecule has 0 saturated carbocycles. The van der Waals surface area contributed by atoms with E-state index >= 15 is 0 Å². The third-order valence-corrected chi connectivity index (χ3v) is 2.86. The van der Waals surface area contributed by atoms with Gasteiger partial charge in [0.15, 0.2) is 0 Å². The monoisotopic (exact) mass is 288 g/mol. The highest BCUT2D eigenvalue weighted by molar-refractivity contribution is 7.87. The summed E-state index contributed by atoms with van der Waals surface area (Å²) in [6, 6.07) is 0. The molecular weight excluding hydrogens is 281 g/mol. The van der Waals surface area contributed by atoms with Gasteiger partial charge in [-0.3, -0.25) is 13.9 Å². The van der Waals surface area contributed by atoms with Crippen molar-refractivity contribution in [1.82, 2.24) is 9.13 Å². The zero-order valence-electron chi connectivity index (χ0n) is 9.06. The van der Waals surface area contributed by atoms with Gasteiger partial charge in [0.25, 0.3) is 5.56 Å². The van der Waals surface area contributed by atoms with Gasteiger partial charge in [0.2, 0.25) is 5.75 Å². The van der Waals surface area contributed by atoms with Crippen molar-refractivity contribution in [3.8, 4) is 5.75 Å².